The van der Waals surface area contributed by atoms with Crippen molar-refractivity contribution in [3.05, 3.63) is 12.4 Å². The first-order valence-corrected chi connectivity index (χ1v) is 5.79. The second-order valence-electron chi connectivity index (χ2n) is 4.71. The molecule has 16 heavy (non-hydrogen) atoms. The second-order valence-corrected chi connectivity index (χ2v) is 4.71. The van der Waals surface area contributed by atoms with Gasteiger partial charge in [0.25, 0.3) is 0 Å². The Morgan fingerprint density at radius 2 is 2.25 bits per heavy atom. The predicted octanol–water partition coefficient (Wildman–Crippen LogP) is 0.665. The van der Waals surface area contributed by atoms with Crippen molar-refractivity contribution in [2.75, 3.05) is 13.1 Å². The minimum Gasteiger partial charge on any atom is -0.389 e. The van der Waals surface area contributed by atoms with Crippen LogP contribution in [-0.4, -0.2) is 38.8 Å². The minimum absolute atomic E-state index is 0.260. The Kier molecular flexibility index (Phi) is 4.89. The zero-order valence-corrected chi connectivity index (χ0v) is 10.3. The highest BCUT2D eigenvalue weighted by molar-refractivity contribution is 4.78. The molecule has 0 aliphatic rings. The highest BCUT2D eigenvalue weighted by Crippen LogP contribution is 2.14. The maximum absolute atomic E-state index is 9.98. The number of hydrogen-bond acceptors (Lipinski definition) is 4. The molecule has 1 unspecified atom stereocenters. The summed E-state index contributed by atoms with van der Waals surface area (Å²) >= 11 is 0. The Labute approximate surface area is 96.9 Å². The molecule has 0 saturated carbocycles. The average Bonchev–Trinajstić information content (AvgIpc) is 2.69. The van der Waals surface area contributed by atoms with Gasteiger partial charge in [0.1, 0.15) is 0 Å². The molecule has 0 radical (unpaired) electrons. The first-order valence-electron chi connectivity index (χ1n) is 5.79. The monoisotopic (exact) mass is 226 g/mol. The van der Waals surface area contributed by atoms with Gasteiger partial charge in [-0.3, -0.25) is 4.68 Å². The molecule has 1 rings (SSSR count). The SMILES string of the molecule is CC(C)C(C)(O)CNCCCn1ccnn1. The fourth-order valence-corrected chi connectivity index (χ4v) is 1.26. The number of nitrogens with one attached hydrogen (secondary N) is 1. The van der Waals surface area contributed by atoms with Crippen molar-refractivity contribution in [1.29, 1.82) is 0 Å². The third-order valence-electron chi connectivity index (χ3n) is 2.94. The number of nitrogens with zero attached hydrogens (tertiary/aromatic N) is 3. The van der Waals surface area contributed by atoms with E-state index in [0.717, 1.165) is 19.5 Å². The van der Waals surface area contributed by atoms with Gasteiger partial charge in [0.05, 0.1) is 11.8 Å². The predicted molar refractivity (Wildman–Crippen MR) is 63.0 cm³/mol. The molecular formula is C11H22N4O. The number of hydrogen-bond donors (Lipinski definition) is 2. The summed E-state index contributed by atoms with van der Waals surface area (Å²) in [4.78, 5) is 0. The maximum atomic E-state index is 9.98. The molecule has 0 aliphatic heterocycles. The van der Waals surface area contributed by atoms with Crippen LogP contribution in [-0.2, 0) is 6.54 Å². The van der Waals surface area contributed by atoms with Crippen LogP contribution in [0.25, 0.3) is 0 Å². The van der Waals surface area contributed by atoms with Gasteiger partial charge in [0.2, 0.25) is 0 Å². The molecule has 2 N–H and O–H groups in total. The summed E-state index contributed by atoms with van der Waals surface area (Å²) in [7, 11) is 0. The molecular weight excluding hydrogens is 204 g/mol. The van der Waals surface area contributed by atoms with Gasteiger partial charge < -0.3 is 10.4 Å². The van der Waals surface area contributed by atoms with Gasteiger partial charge in [-0.15, -0.1) is 5.10 Å². The van der Waals surface area contributed by atoms with E-state index in [9.17, 15) is 5.11 Å². The van der Waals surface area contributed by atoms with E-state index in [-0.39, 0.29) is 5.92 Å². The molecule has 1 aromatic heterocycles. The summed E-state index contributed by atoms with van der Waals surface area (Å²) in [5, 5.41) is 20.9. The first kappa shape index (κ1) is 13.1. The maximum Gasteiger partial charge on any atom is 0.0766 e. The summed E-state index contributed by atoms with van der Waals surface area (Å²) in [6.45, 7) is 8.28. The van der Waals surface area contributed by atoms with Crippen LogP contribution in [0.3, 0.4) is 0 Å². The molecule has 1 aromatic rings. The van der Waals surface area contributed by atoms with Crippen LogP contribution >= 0.6 is 0 Å². The van der Waals surface area contributed by atoms with Gasteiger partial charge in [0.15, 0.2) is 0 Å². The smallest absolute Gasteiger partial charge is 0.0766 e. The van der Waals surface area contributed by atoms with Crippen molar-refractivity contribution in [1.82, 2.24) is 20.3 Å². The number of aryl methyl sites for hydroxylation is 1. The largest absolute Gasteiger partial charge is 0.389 e. The van der Waals surface area contributed by atoms with Crippen molar-refractivity contribution in [3.8, 4) is 0 Å². The summed E-state index contributed by atoms with van der Waals surface area (Å²) in [6, 6.07) is 0. The topological polar surface area (TPSA) is 63.0 Å². The summed E-state index contributed by atoms with van der Waals surface area (Å²) in [5.41, 5.74) is -0.632. The lowest BCUT2D eigenvalue weighted by Gasteiger charge is -2.27. The van der Waals surface area contributed by atoms with Crippen molar-refractivity contribution in [3.63, 3.8) is 0 Å². The lowest BCUT2D eigenvalue weighted by Crippen LogP contribution is -2.42. The number of aromatic nitrogens is 3. The van der Waals surface area contributed by atoms with Crippen molar-refractivity contribution >= 4 is 0 Å². The molecule has 5 nitrogen and oxygen atoms in total. The third kappa shape index (κ3) is 4.28. The van der Waals surface area contributed by atoms with Crippen LogP contribution in [0.5, 0.6) is 0 Å². The lowest BCUT2D eigenvalue weighted by atomic mass is 9.92. The lowest BCUT2D eigenvalue weighted by molar-refractivity contribution is 0.0143. The molecule has 0 bridgehead atoms. The molecule has 0 spiro atoms. The summed E-state index contributed by atoms with van der Waals surface area (Å²) in [5.74, 6) is 0.260. The summed E-state index contributed by atoms with van der Waals surface area (Å²) in [6.07, 6.45) is 4.51. The molecule has 0 aliphatic carbocycles. The van der Waals surface area contributed by atoms with E-state index in [1.54, 1.807) is 6.20 Å². The van der Waals surface area contributed by atoms with Crippen LogP contribution in [0, 0.1) is 5.92 Å². The van der Waals surface area contributed by atoms with E-state index >= 15 is 0 Å². The average molecular weight is 226 g/mol. The Morgan fingerprint density at radius 3 is 2.81 bits per heavy atom. The van der Waals surface area contributed by atoms with Crippen LogP contribution in [0.2, 0.25) is 0 Å². The fourth-order valence-electron chi connectivity index (χ4n) is 1.26. The van der Waals surface area contributed by atoms with Gasteiger partial charge in [-0.1, -0.05) is 19.1 Å². The van der Waals surface area contributed by atoms with Crippen LogP contribution in [0.15, 0.2) is 12.4 Å². The summed E-state index contributed by atoms with van der Waals surface area (Å²) < 4.78 is 1.81. The zero-order chi connectivity index (χ0) is 12.0. The van der Waals surface area contributed by atoms with Gasteiger partial charge in [-0.25, -0.2) is 0 Å². The van der Waals surface area contributed by atoms with Gasteiger partial charge in [-0.2, -0.15) is 0 Å². The van der Waals surface area contributed by atoms with Gasteiger partial charge in [-0.05, 0) is 25.8 Å². The zero-order valence-electron chi connectivity index (χ0n) is 10.3. The third-order valence-corrected chi connectivity index (χ3v) is 2.94. The van der Waals surface area contributed by atoms with Crippen molar-refractivity contribution < 1.29 is 5.11 Å². The van der Waals surface area contributed by atoms with Crippen molar-refractivity contribution in [2.24, 2.45) is 5.92 Å². The quantitative estimate of drug-likeness (QED) is 0.671. The highest BCUT2D eigenvalue weighted by atomic mass is 16.3. The Hall–Kier alpha value is -0.940. The molecule has 0 aromatic carbocycles. The highest BCUT2D eigenvalue weighted by Gasteiger charge is 2.23. The minimum atomic E-state index is -0.632. The Morgan fingerprint density at radius 1 is 1.50 bits per heavy atom. The Bertz CT molecular complexity index is 282. The van der Waals surface area contributed by atoms with Crippen LogP contribution in [0.4, 0.5) is 0 Å². The first-order chi connectivity index (χ1) is 7.52. The van der Waals surface area contributed by atoms with E-state index in [4.69, 9.17) is 0 Å². The van der Waals surface area contributed by atoms with Crippen LogP contribution in [0.1, 0.15) is 27.2 Å². The number of aliphatic hydroxyl groups is 1. The standard InChI is InChI=1S/C11H22N4O/c1-10(2)11(3,16)9-12-5-4-7-15-8-6-13-14-15/h6,8,10,12,16H,4-5,7,9H2,1-3H3. The molecule has 1 atom stereocenters. The normalized spacial score (nSPS) is 15.3. The van der Waals surface area contributed by atoms with Crippen molar-refractivity contribution in [2.45, 2.75) is 39.3 Å². The van der Waals surface area contributed by atoms with E-state index in [1.165, 1.54) is 0 Å². The second kappa shape index (κ2) is 5.96. The molecule has 92 valence electrons. The molecule has 1 heterocycles. The van der Waals surface area contributed by atoms with E-state index in [0.29, 0.717) is 6.54 Å². The fraction of sp³-hybridized carbons (Fsp3) is 0.818. The molecule has 0 fully saturated rings. The number of rotatable bonds is 7. The molecule has 5 heteroatoms. The van der Waals surface area contributed by atoms with Gasteiger partial charge in [0, 0.05) is 19.3 Å². The van der Waals surface area contributed by atoms with Gasteiger partial charge >= 0.3 is 0 Å². The van der Waals surface area contributed by atoms with E-state index in [1.807, 2.05) is 31.6 Å². The Balaban J connectivity index is 2.08. The molecule has 0 amide bonds. The van der Waals surface area contributed by atoms with Crippen LogP contribution < -0.4 is 5.32 Å². The molecule has 0 saturated heterocycles. The van der Waals surface area contributed by atoms with E-state index in [2.05, 4.69) is 15.6 Å². The van der Waals surface area contributed by atoms with E-state index < -0.39 is 5.60 Å².